The third-order valence-electron chi connectivity index (χ3n) is 2.61. The van der Waals surface area contributed by atoms with Gasteiger partial charge >= 0.3 is 0 Å². The van der Waals surface area contributed by atoms with Crippen molar-refractivity contribution in [1.82, 2.24) is 4.57 Å². The summed E-state index contributed by atoms with van der Waals surface area (Å²) in [7, 11) is 0. The van der Waals surface area contributed by atoms with Gasteiger partial charge in [0.1, 0.15) is 12.4 Å². The standard InChI is InChI=1S/C14H13FN2O2/c1-10(18)11-6-7-17(8-11)9-14(19)16-13-4-2-12(15)3-5-13/h2-8H,9H2,1H3,(H,16,19). The molecule has 0 fully saturated rings. The molecule has 19 heavy (non-hydrogen) atoms. The summed E-state index contributed by atoms with van der Waals surface area (Å²) in [6.45, 7) is 1.57. The monoisotopic (exact) mass is 260 g/mol. The zero-order valence-corrected chi connectivity index (χ0v) is 10.4. The van der Waals surface area contributed by atoms with Gasteiger partial charge in [-0.1, -0.05) is 0 Å². The Morgan fingerprint density at radius 2 is 1.89 bits per heavy atom. The Kier molecular flexibility index (Phi) is 3.75. The molecular formula is C14H13FN2O2. The highest BCUT2D eigenvalue weighted by Gasteiger charge is 2.06. The number of ketones is 1. The molecular weight excluding hydrogens is 247 g/mol. The first-order chi connectivity index (χ1) is 9.04. The molecule has 1 heterocycles. The number of carbonyl (C=O) groups is 2. The maximum atomic E-state index is 12.7. The molecule has 4 nitrogen and oxygen atoms in total. The highest BCUT2D eigenvalue weighted by Crippen LogP contribution is 2.08. The van der Waals surface area contributed by atoms with E-state index in [2.05, 4.69) is 5.32 Å². The first kappa shape index (κ1) is 13.0. The van der Waals surface area contributed by atoms with E-state index in [1.165, 1.54) is 31.2 Å². The first-order valence-corrected chi connectivity index (χ1v) is 5.77. The molecule has 0 atom stereocenters. The van der Waals surface area contributed by atoms with Crippen molar-refractivity contribution < 1.29 is 14.0 Å². The zero-order valence-electron chi connectivity index (χ0n) is 10.4. The molecule has 0 saturated heterocycles. The van der Waals surface area contributed by atoms with Crippen molar-refractivity contribution in [3.8, 4) is 0 Å². The van der Waals surface area contributed by atoms with E-state index in [0.717, 1.165) is 0 Å². The van der Waals surface area contributed by atoms with Gasteiger partial charge in [-0.15, -0.1) is 0 Å². The number of halogens is 1. The van der Waals surface area contributed by atoms with E-state index >= 15 is 0 Å². The van der Waals surface area contributed by atoms with Crippen molar-refractivity contribution in [3.05, 3.63) is 54.1 Å². The molecule has 0 bridgehead atoms. The minimum absolute atomic E-state index is 0.0438. The number of rotatable bonds is 4. The Morgan fingerprint density at radius 3 is 2.47 bits per heavy atom. The van der Waals surface area contributed by atoms with Crippen LogP contribution in [0.1, 0.15) is 17.3 Å². The minimum atomic E-state index is -0.352. The van der Waals surface area contributed by atoms with Crippen LogP contribution in [-0.4, -0.2) is 16.3 Å². The topological polar surface area (TPSA) is 51.1 Å². The molecule has 1 aromatic carbocycles. The van der Waals surface area contributed by atoms with Gasteiger partial charge in [-0.25, -0.2) is 4.39 Å². The van der Waals surface area contributed by atoms with Crippen molar-refractivity contribution in [1.29, 1.82) is 0 Å². The zero-order chi connectivity index (χ0) is 13.8. The Bertz CT molecular complexity index is 602. The van der Waals surface area contributed by atoms with Crippen molar-refractivity contribution in [2.24, 2.45) is 0 Å². The molecule has 0 aliphatic heterocycles. The maximum Gasteiger partial charge on any atom is 0.244 e. The van der Waals surface area contributed by atoms with Crippen LogP contribution in [0.2, 0.25) is 0 Å². The van der Waals surface area contributed by atoms with Crippen LogP contribution in [0.15, 0.2) is 42.7 Å². The van der Waals surface area contributed by atoms with Crippen LogP contribution in [0.4, 0.5) is 10.1 Å². The van der Waals surface area contributed by atoms with Crippen molar-refractivity contribution in [2.75, 3.05) is 5.32 Å². The number of carbonyl (C=O) groups excluding carboxylic acids is 2. The number of aromatic nitrogens is 1. The van der Waals surface area contributed by atoms with Gasteiger partial charge in [-0.05, 0) is 37.3 Å². The number of hydrogen-bond donors (Lipinski definition) is 1. The lowest BCUT2D eigenvalue weighted by atomic mass is 10.2. The van der Waals surface area contributed by atoms with Gasteiger partial charge in [0.25, 0.3) is 0 Å². The predicted octanol–water partition coefficient (Wildman–Crippen LogP) is 2.47. The van der Waals surface area contributed by atoms with Gasteiger partial charge in [0.15, 0.2) is 5.78 Å². The van der Waals surface area contributed by atoms with Crippen LogP contribution >= 0.6 is 0 Å². The first-order valence-electron chi connectivity index (χ1n) is 5.77. The molecule has 0 aliphatic rings. The van der Waals surface area contributed by atoms with E-state index in [1.807, 2.05) is 0 Å². The summed E-state index contributed by atoms with van der Waals surface area (Å²) in [4.78, 5) is 22.9. The summed E-state index contributed by atoms with van der Waals surface area (Å²) in [5.41, 5.74) is 1.10. The highest BCUT2D eigenvalue weighted by atomic mass is 19.1. The molecule has 0 aliphatic carbocycles. The van der Waals surface area contributed by atoms with Crippen LogP contribution in [-0.2, 0) is 11.3 Å². The summed E-state index contributed by atoms with van der Waals surface area (Å²) < 4.78 is 14.3. The average Bonchev–Trinajstić information content (AvgIpc) is 2.80. The quantitative estimate of drug-likeness (QED) is 0.858. The van der Waals surface area contributed by atoms with E-state index in [0.29, 0.717) is 11.3 Å². The Balaban J connectivity index is 1.97. The van der Waals surface area contributed by atoms with Crippen LogP contribution in [0.5, 0.6) is 0 Å². The number of benzene rings is 1. The van der Waals surface area contributed by atoms with Gasteiger partial charge in [-0.2, -0.15) is 0 Å². The van der Waals surface area contributed by atoms with Gasteiger partial charge in [-0.3, -0.25) is 9.59 Å². The molecule has 0 saturated carbocycles. The SMILES string of the molecule is CC(=O)c1ccn(CC(=O)Nc2ccc(F)cc2)c1. The van der Waals surface area contributed by atoms with Crippen molar-refractivity contribution in [2.45, 2.75) is 13.5 Å². The number of anilines is 1. The predicted molar refractivity (Wildman–Crippen MR) is 69.5 cm³/mol. The van der Waals surface area contributed by atoms with E-state index in [-0.39, 0.29) is 24.1 Å². The number of hydrogen-bond acceptors (Lipinski definition) is 2. The number of nitrogens with one attached hydrogen (secondary N) is 1. The minimum Gasteiger partial charge on any atom is -0.344 e. The van der Waals surface area contributed by atoms with Crippen LogP contribution < -0.4 is 5.32 Å². The second-order valence-electron chi connectivity index (χ2n) is 4.18. The smallest absolute Gasteiger partial charge is 0.244 e. The number of Topliss-reactive ketones (excluding diaryl/α,β-unsaturated/α-hetero) is 1. The van der Waals surface area contributed by atoms with Gasteiger partial charge in [0.05, 0.1) is 0 Å². The second-order valence-corrected chi connectivity index (χ2v) is 4.18. The van der Waals surface area contributed by atoms with Gasteiger partial charge in [0.2, 0.25) is 5.91 Å². The van der Waals surface area contributed by atoms with E-state index in [9.17, 15) is 14.0 Å². The Hall–Kier alpha value is -2.43. The van der Waals surface area contributed by atoms with E-state index in [1.54, 1.807) is 23.0 Å². The number of nitrogens with zero attached hydrogens (tertiary/aromatic N) is 1. The summed E-state index contributed by atoms with van der Waals surface area (Å²) >= 11 is 0. The molecule has 2 aromatic rings. The maximum absolute atomic E-state index is 12.7. The summed E-state index contributed by atoms with van der Waals surface area (Å²) in [6, 6.07) is 7.19. The van der Waals surface area contributed by atoms with E-state index in [4.69, 9.17) is 0 Å². The third-order valence-corrected chi connectivity index (χ3v) is 2.61. The summed E-state index contributed by atoms with van der Waals surface area (Å²) in [6.07, 6.45) is 3.29. The fourth-order valence-corrected chi connectivity index (χ4v) is 1.65. The van der Waals surface area contributed by atoms with Crippen LogP contribution in [0.3, 0.4) is 0 Å². The van der Waals surface area contributed by atoms with Crippen molar-refractivity contribution in [3.63, 3.8) is 0 Å². The third kappa shape index (κ3) is 3.51. The number of amides is 1. The molecule has 0 spiro atoms. The average molecular weight is 260 g/mol. The lowest BCUT2D eigenvalue weighted by Crippen LogP contribution is -2.17. The largest absolute Gasteiger partial charge is 0.344 e. The molecule has 0 unspecified atom stereocenters. The fourth-order valence-electron chi connectivity index (χ4n) is 1.65. The molecule has 0 radical (unpaired) electrons. The Morgan fingerprint density at radius 1 is 1.21 bits per heavy atom. The fraction of sp³-hybridized carbons (Fsp3) is 0.143. The molecule has 1 N–H and O–H groups in total. The molecule has 2 rings (SSSR count). The van der Waals surface area contributed by atoms with Crippen LogP contribution in [0, 0.1) is 5.82 Å². The summed E-state index contributed by atoms with van der Waals surface area (Å²) in [5.74, 6) is -0.635. The Labute approximate surface area is 109 Å². The normalized spacial score (nSPS) is 10.2. The van der Waals surface area contributed by atoms with E-state index < -0.39 is 0 Å². The van der Waals surface area contributed by atoms with Gasteiger partial charge < -0.3 is 9.88 Å². The molecule has 5 heteroatoms. The second kappa shape index (κ2) is 5.48. The molecule has 1 aromatic heterocycles. The van der Waals surface area contributed by atoms with Crippen molar-refractivity contribution >= 4 is 17.4 Å². The molecule has 1 amide bonds. The lowest BCUT2D eigenvalue weighted by Gasteiger charge is -2.05. The van der Waals surface area contributed by atoms with Crippen LogP contribution in [0.25, 0.3) is 0 Å². The highest BCUT2D eigenvalue weighted by molar-refractivity contribution is 5.94. The lowest BCUT2D eigenvalue weighted by molar-refractivity contribution is -0.116. The van der Waals surface area contributed by atoms with Gasteiger partial charge in [0, 0.05) is 23.6 Å². The molecule has 98 valence electrons. The summed E-state index contributed by atoms with van der Waals surface area (Å²) in [5, 5.41) is 2.64.